The molecule has 0 saturated heterocycles. The fourth-order valence-corrected chi connectivity index (χ4v) is 2.52. The highest BCUT2D eigenvalue weighted by molar-refractivity contribution is 7.80. The second kappa shape index (κ2) is 9.21. The number of unbranched alkanes of at least 4 members (excludes halogenated alkanes) is 1. The van der Waals surface area contributed by atoms with Crippen molar-refractivity contribution >= 4 is 23.0 Å². The summed E-state index contributed by atoms with van der Waals surface area (Å²) in [5.74, 6) is 0. The molecule has 22 heavy (non-hydrogen) atoms. The van der Waals surface area contributed by atoms with Crippen LogP contribution in [0.1, 0.15) is 30.9 Å². The molecule has 2 N–H and O–H groups in total. The van der Waals surface area contributed by atoms with Crippen LogP contribution in [-0.4, -0.2) is 11.7 Å². The van der Waals surface area contributed by atoms with Gasteiger partial charge in [0.2, 0.25) is 0 Å². The van der Waals surface area contributed by atoms with Gasteiger partial charge in [-0.3, -0.25) is 0 Å². The van der Waals surface area contributed by atoms with Crippen LogP contribution in [0, 0.1) is 0 Å². The van der Waals surface area contributed by atoms with Crippen LogP contribution in [0.25, 0.3) is 0 Å². The normalized spacial score (nSPS) is 10.2. The number of thiocarbonyl (C=S) groups is 1. The maximum absolute atomic E-state index is 5.32. The Balaban J connectivity index is 1.61. The van der Waals surface area contributed by atoms with Gasteiger partial charge in [-0.15, -0.1) is 0 Å². The summed E-state index contributed by atoms with van der Waals surface area (Å²) in [5.41, 5.74) is 3.78. The topological polar surface area (TPSA) is 24.1 Å². The molecule has 0 heterocycles. The first-order valence-electron chi connectivity index (χ1n) is 7.95. The number of aryl methyl sites for hydroxylation is 2. The standard InChI is InChI=1S/C19H24N2S/c1-2-16-11-13-18(14-12-16)21-19(22)20-15-7-6-10-17-8-4-3-5-9-17/h3-5,8-9,11-14H,2,6-7,10,15H2,1H3,(H2,20,21,22). The summed E-state index contributed by atoms with van der Waals surface area (Å²) < 4.78 is 0. The van der Waals surface area contributed by atoms with E-state index in [9.17, 15) is 0 Å². The van der Waals surface area contributed by atoms with Gasteiger partial charge in [0.1, 0.15) is 0 Å². The van der Waals surface area contributed by atoms with Crippen LogP contribution in [0.3, 0.4) is 0 Å². The minimum atomic E-state index is 0.698. The molecule has 2 aromatic rings. The van der Waals surface area contributed by atoms with E-state index in [0.29, 0.717) is 5.11 Å². The smallest absolute Gasteiger partial charge is 0.170 e. The van der Waals surface area contributed by atoms with Crippen molar-refractivity contribution in [2.75, 3.05) is 11.9 Å². The highest BCUT2D eigenvalue weighted by Crippen LogP contribution is 2.09. The summed E-state index contributed by atoms with van der Waals surface area (Å²) in [4.78, 5) is 0. The van der Waals surface area contributed by atoms with Crippen LogP contribution in [0.4, 0.5) is 5.69 Å². The Morgan fingerprint density at radius 3 is 2.32 bits per heavy atom. The number of hydrogen-bond donors (Lipinski definition) is 2. The third kappa shape index (κ3) is 5.86. The van der Waals surface area contributed by atoms with Gasteiger partial charge in [-0.25, -0.2) is 0 Å². The van der Waals surface area contributed by atoms with Crippen LogP contribution in [0.15, 0.2) is 54.6 Å². The van der Waals surface area contributed by atoms with E-state index < -0.39 is 0 Å². The molecule has 0 aromatic heterocycles. The molecule has 2 aromatic carbocycles. The number of nitrogens with one attached hydrogen (secondary N) is 2. The van der Waals surface area contributed by atoms with E-state index in [0.717, 1.165) is 31.5 Å². The Labute approximate surface area is 139 Å². The summed E-state index contributed by atoms with van der Waals surface area (Å²) in [6.45, 7) is 3.07. The summed E-state index contributed by atoms with van der Waals surface area (Å²) in [6.07, 6.45) is 4.47. The molecule has 0 aliphatic carbocycles. The molecule has 0 saturated carbocycles. The molecular formula is C19H24N2S. The summed E-state index contributed by atoms with van der Waals surface area (Å²) in [6, 6.07) is 19.0. The number of benzene rings is 2. The molecule has 3 heteroatoms. The van der Waals surface area contributed by atoms with Crippen LogP contribution in [0.5, 0.6) is 0 Å². The van der Waals surface area contributed by atoms with Gasteiger partial charge in [-0.2, -0.15) is 0 Å². The summed E-state index contributed by atoms with van der Waals surface area (Å²) in [7, 11) is 0. The second-order valence-electron chi connectivity index (χ2n) is 5.37. The zero-order valence-electron chi connectivity index (χ0n) is 13.1. The SMILES string of the molecule is CCc1ccc(NC(=S)NCCCCc2ccccc2)cc1. The highest BCUT2D eigenvalue weighted by atomic mass is 32.1. The van der Waals surface area contributed by atoms with Crippen LogP contribution in [0.2, 0.25) is 0 Å². The predicted molar refractivity (Wildman–Crippen MR) is 99.4 cm³/mol. The van der Waals surface area contributed by atoms with Crippen LogP contribution in [-0.2, 0) is 12.8 Å². The van der Waals surface area contributed by atoms with Gasteiger partial charge in [0, 0.05) is 12.2 Å². The zero-order valence-corrected chi connectivity index (χ0v) is 14.0. The number of anilines is 1. The quantitative estimate of drug-likeness (QED) is 0.579. The maximum Gasteiger partial charge on any atom is 0.170 e. The molecule has 0 aliphatic rings. The first-order chi connectivity index (χ1) is 10.8. The second-order valence-corrected chi connectivity index (χ2v) is 5.78. The lowest BCUT2D eigenvalue weighted by Crippen LogP contribution is -2.29. The van der Waals surface area contributed by atoms with Gasteiger partial charge in [0.05, 0.1) is 0 Å². The highest BCUT2D eigenvalue weighted by Gasteiger charge is 1.98. The van der Waals surface area contributed by atoms with E-state index >= 15 is 0 Å². The molecule has 2 nitrogen and oxygen atoms in total. The molecule has 0 bridgehead atoms. The average molecular weight is 312 g/mol. The Morgan fingerprint density at radius 2 is 1.64 bits per heavy atom. The van der Waals surface area contributed by atoms with Crippen molar-refractivity contribution in [2.45, 2.75) is 32.6 Å². The minimum absolute atomic E-state index is 0.698. The van der Waals surface area contributed by atoms with E-state index in [-0.39, 0.29) is 0 Å². The molecule has 0 aliphatic heterocycles. The van der Waals surface area contributed by atoms with E-state index in [4.69, 9.17) is 12.2 Å². The fraction of sp³-hybridized carbons (Fsp3) is 0.316. The molecule has 2 rings (SSSR count). The first-order valence-corrected chi connectivity index (χ1v) is 8.36. The third-order valence-electron chi connectivity index (χ3n) is 3.64. The lowest BCUT2D eigenvalue weighted by atomic mass is 10.1. The van der Waals surface area contributed by atoms with Crippen molar-refractivity contribution in [3.05, 3.63) is 65.7 Å². The average Bonchev–Trinajstić information content (AvgIpc) is 2.56. The molecule has 0 radical (unpaired) electrons. The zero-order chi connectivity index (χ0) is 15.6. The van der Waals surface area contributed by atoms with Crippen molar-refractivity contribution in [1.29, 1.82) is 0 Å². The lowest BCUT2D eigenvalue weighted by molar-refractivity contribution is 0.711. The Kier molecular flexibility index (Phi) is 6.91. The molecule has 116 valence electrons. The Bertz CT molecular complexity index is 564. The van der Waals surface area contributed by atoms with Gasteiger partial charge in [-0.05, 0) is 61.2 Å². The summed E-state index contributed by atoms with van der Waals surface area (Å²) in [5, 5.41) is 7.19. The Morgan fingerprint density at radius 1 is 0.909 bits per heavy atom. The van der Waals surface area contributed by atoms with Gasteiger partial charge in [0.25, 0.3) is 0 Å². The minimum Gasteiger partial charge on any atom is -0.362 e. The number of rotatable bonds is 7. The van der Waals surface area contributed by atoms with Gasteiger partial charge in [-0.1, -0.05) is 49.4 Å². The van der Waals surface area contributed by atoms with Crippen LogP contribution >= 0.6 is 12.2 Å². The van der Waals surface area contributed by atoms with Crippen molar-refractivity contribution in [1.82, 2.24) is 5.32 Å². The monoisotopic (exact) mass is 312 g/mol. The summed E-state index contributed by atoms with van der Waals surface area (Å²) >= 11 is 5.32. The molecular weight excluding hydrogens is 288 g/mol. The fourth-order valence-electron chi connectivity index (χ4n) is 2.30. The van der Waals surface area contributed by atoms with E-state index in [1.54, 1.807) is 0 Å². The molecule has 0 amide bonds. The van der Waals surface area contributed by atoms with E-state index in [2.05, 4.69) is 72.2 Å². The lowest BCUT2D eigenvalue weighted by Gasteiger charge is -2.11. The molecule has 0 spiro atoms. The van der Waals surface area contributed by atoms with E-state index in [1.807, 2.05) is 0 Å². The van der Waals surface area contributed by atoms with Crippen molar-refractivity contribution < 1.29 is 0 Å². The first kappa shape index (κ1) is 16.5. The van der Waals surface area contributed by atoms with Gasteiger partial charge < -0.3 is 10.6 Å². The van der Waals surface area contributed by atoms with Gasteiger partial charge >= 0.3 is 0 Å². The molecule has 0 fully saturated rings. The largest absolute Gasteiger partial charge is 0.362 e. The van der Waals surface area contributed by atoms with Crippen molar-refractivity contribution in [3.8, 4) is 0 Å². The predicted octanol–water partition coefficient (Wildman–Crippen LogP) is 4.56. The van der Waals surface area contributed by atoms with Crippen molar-refractivity contribution in [3.63, 3.8) is 0 Å². The number of hydrogen-bond acceptors (Lipinski definition) is 1. The molecule has 0 unspecified atom stereocenters. The van der Waals surface area contributed by atoms with E-state index in [1.165, 1.54) is 17.5 Å². The molecule has 0 atom stereocenters. The Hall–Kier alpha value is -1.87. The third-order valence-corrected chi connectivity index (χ3v) is 3.89. The van der Waals surface area contributed by atoms with Crippen LogP contribution < -0.4 is 10.6 Å². The van der Waals surface area contributed by atoms with Crippen molar-refractivity contribution in [2.24, 2.45) is 0 Å². The van der Waals surface area contributed by atoms with Gasteiger partial charge in [0.15, 0.2) is 5.11 Å². The maximum atomic E-state index is 5.32.